The number of carbonyl (C=O) groups excluding carboxylic acids is 2. The molecule has 4 aromatic rings. The van der Waals surface area contributed by atoms with Gasteiger partial charge >= 0.3 is 0 Å². The average molecular weight is 418 g/mol. The van der Waals surface area contributed by atoms with Crippen molar-refractivity contribution in [1.29, 1.82) is 0 Å². The maximum absolute atomic E-state index is 13.1. The molecular weight excluding hydrogens is 396 g/mol. The SMILES string of the molecule is O=C(NC(=C(NC(=O)c1ccccc1)c1ccccc1)c1ccccc1)c1ccccc1. The molecule has 156 valence electrons. The summed E-state index contributed by atoms with van der Waals surface area (Å²) in [6.07, 6.45) is 0. The highest BCUT2D eigenvalue weighted by Gasteiger charge is 2.18. The Labute approximate surface area is 187 Å². The molecule has 0 unspecified atom stereocenters. The molecule has 0 fully saturated rings. The van der Waals surface area contributed by atoms with Gasteiger partial charge in [0.15, 0.2) is 0 Å². The highest BCUT2D eigenvalue weighted by Crippen LogP contribution is 2.24. The zero-order valence-electron chi connectivity index (χ0n) is 17.4. The Hall–Kier alpha value is -4.44. The maximum atomic E-state index is 13.1. The second kappa shape index (κ2) is 10.0. The van der Waals surface area contributed by atoms with E-state index < -0.39 is 0 Å². The summed E-state index contributed by atoms with van der Waals surface area (Å²) in [5, 5.41) is 6.06. The largest absolute Gasteiger partial charge is 0.320 e. The summed E-state index contributed by atoms with van der Waals surface area (Å²) in [5.41, 5.74) is 3.67. The van der Waals surface area contributed by atoms with Gasteiger partial charge in [0.1, 0.15) is 0 Å². The summed E-state index contributed by atoms with van der Waals surface area (Å²) in [6.45, 7) is 0. The van der Waals surface area contributed by atoms with Crippen LogP contribution >= 0.6 is 0 Å². The molecule has 0 aromatic heterocycles. The minimum absolute atomic E-state index is 0.258. The van der Waals surface area contributed by atoms with Gasteiger partial charge in [-0.3, -0.25) is 9.59 Å². The molecule has 0 spiro atoms. The van der Waals surface area contributed by atoms with E-state index in [0.717, 1.165) is 11.1 Å². The Morgan fingerprint density at radius 2 is 0.625 bits per heavy atom. The summed E-state index contributed by atoms with van der Waals surface area (Å²) >= 11 is 0. The van der Waals surface area contributed by atoms with Gasteiger partial charge in [0, 0.05) is 22.3 Å². The quantitative estimate of drug-likeness (QED) is 0.414. The molecule has 4 aromatic carbocycles. The zero-order chi connectivity index (χ0) is 22.2. The second-order valence-corrected chi connectivity index (χ2v) is 7.12. The Morgan fingerprint density at radius 3 is 0.906 bits per heavy atom. The van der Waals surface area contributed by atoms with Crippen LogP contribution in [0.1, 0.15) is 31.8 Å². The Morgan fingerprint density at radius 1 is 0.375 bits per heavy atom. The monoisotopic (exact) mass is 418 g/mol. The van der Waals surface area contributed by atoms with Crippen LogP contribution in [-0.4, -0.2) is 11.8 Å². The predicted molar refractivity (Wildman–Crippen MR) is 128 cm³/mol. The van der Waals surface area contributed by atoms with Gasteiger partial charge in [0.2, 0.25) is 0 Å². The van der Waals surface area contributed by atoms with Crippen molar-refractivity contribution in [3.05, 3.63) is 144 Å². The number of rotatable bonds is 6. The lowest BCUT2D eigenvalue weighted by atomic mass is 10.0. The van der Waals surface area contributed by atoms with Crippen LogP contribution in [0.2, 0.25) is 0 Å². The zero-order valence-corrected chi connectivity index (χ0v) is 17.4. The van der Waals surface area contributed by atoms with Gasteiger partial charge in [0.25, 0.3) is 11.8 Å². The van der Waals surface area contributed by atoms with Gasteiger partial charge in [-0.25, -0.2) is 0 Å². The highest BCUT2D eigenvalue weighted by molar-refractivity contribution is 6.08. The molecule has 0 heterocycles. The van der Waals surface area contributed by atoms with Crippen molar-refractivity contribution in [2.24, 2.45) is 0 Å². The van der Waals surface area contributed by atoms with Crippen molar-refractivity contribution in [3.8, 4) is 0 Å². The smallest absolute Gasteiger partial charge is 0.255 e. The lowest BCUT2D eigenvalue weighted by Gasteiger charge is -2.19. The molecule has 4 rings (SSSR count). The highest BCUT2D eigenvalue weighted by atomic mass is 16.2. The normalized spacial score (nSPS) is 11.2. The first-order chi connectivity index (χ1) is 15.7. The first kappa shape index (κ1) is 20.8. The van der Waals surface area contributed by atoms with Crippen LogP contribution in [0.25, 0.3) is 11.4 Å². The molecular formula is C28H22N2O2. The number of nitrogens with one attached hydrogen (secondary N) is 2. The Bertz CT molecular complexity index is 1120. The third-order valence-electron chi connectivity index (χ3n) is 4.92. The fraction of sp³-hybridized carbons (Fsp3) is 0. The van der Waals surface area contributed by atoms with Crippen molar-refractivity contribution in [3.63, 3.8) is 0 Å². The van der Waals surface area contributed by atoms with Crippen LogP contribution in [0, 0.1) is 0 Å². The summed E-state index contributed by atoms with van der Waals surface area (Å²) in [7, 11) is 0. The second-order valence-electron chi connectivity index (χ2n) is 7.12. The van der Waals surface area contributed by atoms with Crippen molar-refractivity contribution in [2.45, 2.75) is 0 Å². The summed E-state index contributed by atoms with van der Waals surface area (Å²) in [5.74, 6) is -0.515. The van der Waals surface area contributed by atoms with Gasteiger partial charge in [-0.05, 0) is 24.3 Å². The van der Waals surface area contributed by atoms with E-state index in [1.165, 1.54) is 0 Å². The standard InChI is InChI=1S/C28H22N2O2/c31-27(23-17-9-3-10-18-23)29-25(21-13-5-1-6-14-21)26(22-15-7-2-8-16-22)30-28(32)24-19-11-4-12-20-24/h1-20H,(H,29,31)(H,30,32). The third-order valence-corrected chi connectivity index (χ3v) is 4.92. The summed E-state index contributed by atoms with van der Waals surface area (Å²) < 4.78 is 0. The van der Waals surface area contributed by atoms with Crippen LogP contribution in [-0.2, 0) is 0 Å². The average Bonchev–Trinajstić information content (AvgIpc) is 2.88. The Balaban J connectivity index is 1.83. The fourth-order valence-corrected chi connectivity index (χ4v) is 3.32. The van der Waals surface area contributed by atoms with E-state index in [1.807, 2.05) is 97.1 Å². The molecule has 0 atom stereocenters. The van der Waals surface area contributed by atoms with Crippen molar-refractivity contribution in [1.82, 2.24) is 10.6 Å². The molecule has 2 amide bonds. The van der Waals surface area contributed by atoms with Crippen LogP contribution in [0.5, 0.6) is 0 Å². The van der Waals surface area contributed by atoms with Gasteiger partial charge in [0.05, 0.1) is 11.4 Å². The number of hydrogen-bond donors (Lipinski definition) is 2. The first-order valence-corrected chi connectivity index (χ1v) is 10.3. The van der Waals surface area contributed by atoms with E-state index in [2.05, 4.69) is 10.6 Å². The van der Waals surface area contributed by atoms with Crippen molar-refractivity contribution < 1.29 is 9.59 Å². The predicted octanol–water partition coefficient (Wildman–Crippen LogP) is 5.37. The van der Waals surface area contributed by atoms with E-state index in [4.69, 9.17) is 0 Å². The van der Waals surface area contributed by atoms with Crippen LogP contribution < -0.4 is 10.6 Å². The Kier molecular flexibility index (Phi) is 6.54. The fourth-order valence-electron chi connectivity index (χ4n) is 3.32. The van der Waals surface area contributed by atoms with E-state index in [-0.39, 0.29) is 11.8 Å². The molecule has 0 aliphatic heterocycles. The minimum atomic E-state index is -0.258. The molecule has 0 saturated carbocycles. The molecule has 0 radical (unpaired) electrons. The van der Waals surface area contributed by atoms with Crippen LogP contribution in [0.4, 0.5) is 0 Å². The molecule has 0 bridgehead atoms. The first-order valence-electron chi connectivity index (χ1n) is 10.3. The van der Waals surface area contributed by atoms with Gasteiger partial charge in [-0.15, -0.1) is 0 Å². The topological polar surface area (TPSA) is 58.2 Å². The summed E-state index contributed by atoms with van der Waals surface area (Å²) in [6, 6.07) is 37.0. The molecule has 32 heavy (non-hydrogen) atoms. The van der Waals surface area contributed by atoms with Crippen LogP contribution in [0.3, 0.4) is 0 Å². The molecule has 4 heteroatoms. The van der Waals surface area contributed by atoms with Crippen molar-refractivity contribution in [2.75, 3.05) is 0 Å². The molecule has 4 nitrogen and oxygen atoms in total. The maximum Gasteiger partial charge on any atom is 0.255 e. The van der Waals surface area contributed by atoms with E-state index in [0.29, 0.717) is 22.5 Å². The number of carbonyl (C=O) groups is 2. The van der Waals surface area contributed by atoms with E-state index in [1.54, 1.807) is 24.3 Å². The number of hydrogen-bond acceptors (Lipinski definition) is 2. The van der Waals surface area contributed by atoms with Gasteiger partial charge in [-0.1, -0.05) is 97.1 Å². The van der Waals surface area contributed by atoms with E-state index >= 15 is 0 Å². The lowest BCUT2D eigenvalue weighted by molar-refractivity contribution is 0.0961. The van der Waals surface area contributed by atoms with Crippen molar-refractivity contribution >= 4 is 23.2 Å². The van der Waals surface area contributed by atoms with Gasteiger partial charge in [-0.2, -0.15) is 0 Å². The number of benzene rings is 4. The molecule has 0 aliphatic carbocycles. The molecule has 0 saturated heterocycles. The van der Waals surface area contributed by atoms with Crippen LogP contribution in [0.15, 0.2) is 121 Å². The molecule has 0 aliphatic rings. The number of amides is 2. The van der Waals surface area contributed by atoms with Gasteiger partial charge < -0.3 is 10.6 Å². The summed E-state index contributed by atoms with van der Waals surface area (Å²) in [4.78, 5) is 26.1. The third kappa shape index (κ3) is 4.99. The van der Waals surface area contributed by atoms with E-state index in [9.17, 15) is 9.59 Å². The molecule has 2 N–H and O–H groups in total. The minimum Gasteiger partial charge on any atom is -0.320 e. The lowest BCUT2D eigenvalue weighted by Crippen LogP contribution is -2.29.